The number of nitrogens with zero attached hydrogens (tertiary/aromatic N) is 4. The quantitative estimate of drug-likeness (QED) is 0.0314. The number of fused-ring (bicyclic) bond motifs is 2. The van der Waals surface area contributed by atoms with Gasteiger partial charge < -0.3 is 47.0 Å². The molecule has 0 aromatic carbocycles. The third-order valence-electron chi connectivity index (χ3n) is 29.6. The molecule has 0 unspecified atom stereocenters. The minimum Gasteiger partial charge on any atom is -0.347 e. The number of sulfonamides is 1. The number of likely N-dealkylation sites (tertiary alicyclic amines) is 4. The molecule has 25 nitrogen and oxygen atoms in total. The van der Waals surface area contributed by atoms with E-state index >= 15 is 9.59 Å². The van der Waals surface area contributed by atoms with Crippen LogP contribution in [0.25, 0.3) is 0 Å². The van der Waals surface area contributed by atoms with E-state index in [1.807, 2.05) is 90.0 Å². The van der Waals surface area contributed by atoms with Gasteiger partial charge in [0.2, 0.25) is 63.1 Å². The second-order valence-electron chi connectivity index (χ2n) is 41.6. The van der Waals surface area contributed by atoms with Crippen molar-refractivity contribution in [1.29, 1.82) is 0 Å². The Labute approximate surface area is 663 Å². The van der Waals surface area contributed by atoms with E-state index in [0.717, 1.165) is 103 Å². The van der Waals surface area contributed by atoms with Gasteiger partial charge in [-0.15, -0.1) is 6.58 Å². The molecule has 10 amide bonds. The average Bonchev–Trinajstić information content (AvgIpc) is 1.46. The first kappa shape index (κ1) is 87.4. The van der Waals surface area contributed by atoms with E-state index in [-0.39, 0.29) is 86.8 Å². The molecule has 11 aliphatic rings. The number of nitrogens with one attached hydrogen (secondary N) is 8. The van der Waals surface area contributed by atoms with Crippen molar-refractivity contribution >= 4 is 74.9 Å². The summed E-state index contributed by atoms with van der Waals surface area (Å²) in [5, 5.41) is 20.4. The van der Waals surface area contributed by atoms with Crippen molar-refractivity contribution < 1.29 is 61.2 Å². The van der Waals surface area contributed by atoms with Crippen LogP contribution < -0.4 is 41.9 Å². The summed E-state index contributed by atoms with van der Waals surface area (Å²) in [4.78, 5) is 163. The van der Waals surface area contributed by atoms with E-state index in [4.69, 9.17) is 0 Å². The van der Waals surface area contributed by atoms with Gasteiger partial charge in [-0.05, 0) is 193 Å². The Hall–Kier alpha value is -6.02. The predicted octanol–water partition coefficient (Wildman–Crippen LogP) is 8.41. The van der Waals surface area contributed by atoms with Crippen molar-refractivity contribution in [2.24, 2.45) is 60.1 Å². The first-order chi connectivity index (χ1) is 51.3. The molecule has 0 aromatic rings. The summed E-state index contributed by atoms with van der Waals surface area (Å²) in [6, 6.07) is -7.07. The topological polar surface area (TPSA) is 331 Å². The van der Waals surface area contributed by atoms with Crippen molar-refractivity contribution in [3.63, 3.8) is 0 Å². The molecule has 0 aromatic heterocycles. The molecular formula is C85H140N12O13S. The number of amides is 10. The monoisotopic (exact) mass is 1570 g/mol. The van der Waals surface area contributed by atoms with Crippen LogP contribution in [-0.2, 0) is 62.8 Å². The summed E-state index contributed by atoms with van der Waals surface area (Å²) >= 11 is 0. The fourth-order valence-corrected chi connectivity index (χ4v) is 22.9. The highest BCUT2D eigenvalue weighted by atomic mass is 32.2. The Morgan fingerprint density at radius 3 is 1.22 bits per heavy atom. The zero-order chi connectivity index (χ0) is 82.5. The molecule has 7 aliphatic carbocycles. The number of carbonyl (C=O) groups is 11. The number of piperidine rings is 2. The zero-order valence-corrected chi connectivity index (χ0v) is 72.1. The molecule has 624 valence electrons. The molecule has 0 radical (unpaired) electrons. The number of hydrogen-bond acceptors (Lipinski definition) is 15. The molecule has 7 saturated carbocycles. The van der Waals surface area contributed by atoms with Gasteiger partial charge in [0.05, 0.1) is 23.4 Å². The van der Waals surface area contributed by atoms with Crippen LogP contribution in [0.3, 0.4) is 0 Å². The molecule has 4 saturated heterocycles. The molecule has 4 spiro atoms. The molecule has 4 aliphatic heterocycles. The summed E-state index contributed by atoms with van der Waals surface area (Å²) in [6.45, 7) is 48.0. The van der Waals surface area contributed by atoms with Gasteiger partial charge in [0, 0.05) is 48.0 Å². The molecule has 4 heterocycles. The van der Waals surface area contributed by atoms with Crippen molar-refractivity contribution in [3.8, 4) is 0 Å². The van der Waals surface area contributed by atoms with Crippen LogP contribution in [0, 0.1) is 60.1 Å². The van der Waals surface area contributed by atoms with Gasteiger partial charge >= 0.3 is 0 Å². The van der Waals surface area contributed by atoms with Crippen LogP contribution in [0.4, 0.5) is 0 Å². The zero-order valence-electron chi connectivity index (χ0n) is 71.3. The summed E-state index contributed by atoms with van der Waals surface area (Å²) in [5.41, 5.74) is -5.23. The first-order valence-electron chi connectivity index (χ1n) is 42.3. The summed E-state index contributed by atoms with van der Waals surface area (Å²) in [6.07, 6.45) is 18.8. The summed E-state index contributed by atoms with van der Waals surface area (Å²) in [5.74, 6) is -5.58. The second kappa shape index (κ2) is 31.2. The van der Waals surface area contributed by atoms with Crippen LogP contribution in [0.1, 0.15) is 287 Å². The van der Waals surface area contributed by atoms with Gasteiger partial charge in [0.25, 0.3) is 11.8 Å². The molecule has 111 heavy (non-hydrogen) atoms. The van der Waals surface area contributed by atoms with Crippen LogP contribution in [0.15, 0.2) is 12.7 Å². The first-order valence-corrected chi connectivity index (χ1v) is 43.9. The van der Waals surface area contributed by atoms with Gasteiger partial charge in [-0.3, -0.25) is 67.3 Å². The average molecular weight is 1570 g/mol. The van der Waals surface area contributed by atoms with Crippen molar-refractivity contribution in [2.45, 2.75) is 370 Å². The maximum atomic E-state index is 15.1. The molecule has 0 bridgehead atoms. The molecule has 13 atom stereocenters. The Kier molecular flexibility index (Phi) is 24.6. The molecule has 11 fully saturated rings. The van der Waals surface area contributed by atoms with Crippen LogP contribution >= 0.6 is 0 Å². The lowest BCUT2D eigenvalue weighted by Crippen LogP contribution is -2.64. The summed E-state index contributed by atoms with van der Waals surface area (Å²) in [7, 11) is -3.87. The Balaban J connectivity index is 0.000000236. The van der Waals surface area contributed by atoms with Crippen LogP contribution in [0.5, 0.6) is 0 Å². The lowest BCUT2D eigenvalue weighted by Gasteiger charge is -2.40. The van der Waals surface area contributed by atoms with E-state index in [2.05, 4.69) is 114 Å². The fraction of sp³-hybridized carbons (Fsp3) is 0.847. The molecule has 8 N–H and O–H groups in total. The predicted molar refractivity (Wildman–Crippen MR) is 427 cm³/mol. The highest BCUT2D eigenvalue weighted by Crippen LogP contribution is 2.89. The standard InChI is InChI=1S/C43H72N6O6.C42H68N6O7S/c1-12-17-28(31(50)36(53)44-27-18-15-19-27)45-35(52)30-24-43(41(10,11)42(43)21-16-22-42)25-49(30)38(55)33(40(7,8)9)47-37(54)32(39(4,5)6)46-34(51)29-20-13-14-23-48(29)26(2)3;1-12-26-22-42(26,36(53)46-56(54,55)27-17-18-27)45-33(50)29-23-41(39(10,11)40(41)19-15-20-40)24-48(29)35(52)31(38(7,8)9)44-34(51)30(37(4,5)6)43-32(49)28-16-13-14-21-47(28)25(2)3/h26-30,32-33H,12-25H2,1-11H3,(H,44,53)(H,45,52)(H,46,51)(H,47,54);12,25-31H,1,13-24H2,2-11H3,(H,43,49)(H,44,51)(H,45,50)(H,46,53)/t28-,29-,30-,32+,33+,43+;26-,28+,29+,30-,31-,41-,42-/m01/s1. The largest absolute Gasteiger partial charge is 0.347 e. The maximum Gasteiger partial charge on any atom is 0.289 e. The van der Waals surface area contributed by atoms with E-state index in [9.17, 15) is 51.6 Å². The van der Waals surface area contributed by atoms with Gasteiger partial charge in [0.1, 0.15) is 41.8 Å². The lowest BCUT2D eigenvalue weighted by atomic mass is 9.73. The lowest BCUT2D eigenvalue weighted by molar-refractivity contribution is -0.146. The van der Waals surface area contributed by atoms with E-state index < -0.39 is 138 Å². The van der Waals surface area contributed by atoms with Gasteiger partial charge in [0.15, 0.2) is 0 Å². The Morgan fingerprint density at radius 1 is 0.486 bits per heavy atom. The van der Waals surface area contributed by atoms with Crippen LogP contribution in [0.2, 0.25) is 0 Å². The smallest absolute Gasteiger partial charge is 0.289 e. The molecular weight excluding hydrogens is 1430 g/mol. The fourth-order valence-electron chi connectivity index (χ4n) is 21.6. The van der Waals surface area contributed by atoms with Gasteiger partial charge in [-0.1, -0.05) is 156 Å². The second-order valence-corrected chi connectivity index (χ2v) is 43.5. The number of carbonyl (C=O) groups excluding carboxylic acids is 11. The van der Waals surface area contributed by atoms with Crippen molar-refractivity contribution in [3.05, 3.63) is 12.7 Å². The maximum absolute atomic E-state index is 15.1. The van der Waals surface area contributed by atoms with E-state index in [1.54, 1.807) is 15.9 Å². The van der Waals surface area contributed by atoms with E-state index in [0.29, 0.717) is 58.0 Å². The number of rotatable bonds is 25. The Bertz CT molecular complexity index is 3730. The van der Waals surface area contributed by atoms with Crippen LogP contribution in [-0.4, -0.2) is 202 Å². The minimum absolute atomic E-state index is 0.00858. The number of ketones is 1. The normalized spacial score (nSPS) is 29.8. The van der Waals surface area contributed by atoms with Gasteiger partial charge in [-0.25, -0.2) is 8.42 Å². The molecule has 26 heteroatoms. The SMILES string of the molecule is C=C[C@@H]1C[C@]1(NC(=O)[C@@H]1C[C@@]2(CN1C(=O)[C@@H](NC(=O)[C@@H](NC(=O)[C@@H]1CCCCN1C(C)C)C(C)(C)C)C(C)(C)C)C(C)(C)C21CCC1)C(=O)NS(=O)(=O)C1CC1.CCC[C@H](NC(=O)[C@@H]1C[C@@]2(CN1C(=O)[C@@H](NC(=O)[C@@H](NC(=O)[C@@H]1CCCCN1C(C)C)C(C)(C)C)C(C)(C)C)C(C)(C)C21CCC1)C(=O)C(=O)NC1CCC1. The van der Waals surface area contributed by atoms with Crippen molar-refractivity contribution in [1.82, 2.24) is 61.5 Å². The highest BCUT2D eigenvalue weighted by molar-refractivity contribution is 7.91. The minimum atomic E-state index is -3.87. The van der Waals surface area contributed by atoms with E-state index in [1.165, 1.54) is 0 Å². The Morgan fingerprint density at radius 2 is 0.892 bits per heavy atom. The third kappa shape index (κ3) is 16.1. The van der Waals surface area contributed by atoms with Crippen molar-refractivity contribution in [2.75, 3.05) is 26.2 Å². The summed E-state index contributed by atoms with van der Waals surface area (Å²) < 4.78 is 27.8. The highest BCUT2D eigenvalue weighted by Gasteiger charge is 2.87. The number of hydrogen-bond donors (Lipinski definition) is 8. The third-order valence-corrected chi connectivity index (χ3v) is 31.4. The molecule has 11 rings (SSSR count). The van der Waals surface area contributed by atoms with Gasteiger partial charge in [-0.2, -0.15) is 0 Å². The number of Topliss-reactive ketones (excluding diaryl/α,β-unsaturated/α-hetero) is 1.